The van der Waals surface area contributed by atoms with E-state index in [1.165, 1.54) is 0 Å². The molecule has 3 aromatic rings. The number of aromatic nitrogens is 6. The minimum atomic E-state index is 0.644. The summed E-state index contributed by atoms with van der Waals surface area (Å²) in [5, 5.41) is 0. The maximum absolute atomic E-state index is 4.03. The van der Waals surface area contributed by atoms with Crippen molar-refractivity contribution in [3.8, 4) is 5.95 Å². The second kappa shape index (κ2) is 6.95. The third-order valence-electron chi connectivity index (χ3n) is 2.22. The molecule has 6 heteroatoms. The normalized spacial score (nSPS) is 9.53. The molecule has 0 saturated carbocycles. The first-order chi connectivity index (χ1) is 9.40. The summed E-state index contributed by atoms with van der Waals surface area (Å²) in [5.41, 5.74) is 0. The smallest absolute Gasteiger partial charge is 0.234 e. The van der Waals surface area contributed by atoms with Crippen LogP contribution in [0.15, 0.2) is 55.6 Å². The highest BCUT2D eigenvalue weighted by molar-refractivity contribution is 5.08. The molecule has 19 heavy (non-hydrogen) atoms. The van der Waals surface area contributed by atoms with Crippen molar-refractivity contribution in [3.05, 3.63) is 61.5 Å². The molecule has 3 aromatic heterocycles. The van der Waals surface area contributed by atoms with Crippen LogP contribution in [0.1, 0.15) is 12.7 Å². The number of rotatable bonds is 2. The third kappa shape index (κ3) is 3.95. The summed E-state index contributed by atoms with van der Waals surface area (Å²) in [7, 11) is 0. The van der Waals surface area contributed by atoms with Crippen LogP contribution in [0.5, 0.6) is 0 Å². The molecule has 0 radical (unpaired) electrons. The third-order valence-corrected chi connectivity index (χ3v) is 2.22. The summed E-state index contributed by atoms with van der Waals surface area (Å²) in [5.74, 6) is 1.55. The largest absolute Gasteiger partial charge is 0.274 e. The molecule has 0 N–H and O–H groups in total. The monoisotopic (exact) mass is 254 g/mol. The summed E-state index contributed by atoms with van der Waals surface area (Å²) < 4.78 is 1.75. The van der Waals surface area contributed by atoms with Crippen molar-refractivity contribution in [2.24, 2.45) is 0 Å². The SMILES string of the molecule is CCc1ncccn1.c1cnc(-n2ccnc2)nc1. The lowest BCUT2D eigenvalue weighted by Crippen LogP contribution is -1.95. The first-order valence-corrected chi connectivity index (χ1v) is 5.91. The number of hydrogen-bond donors (Lipinski definition) is 0. The van der Waals surface area contributed by atoms with E-state index >= 15 is 0 Å². The molecule has 0 fully saturated rings. The lowest BCUT2D eigenvalue weighted by Gasteiger charge is -1.95. The second-order valence-corrected chi connectivity index (χ2v) is 3.54. The van der Waals surface area contributed by atoms with E-state index in [9.17, 15) is 0 Å². The van der Waals surface area contributed by atoms with Crippen LogP contribution in [0, 0.1) is 0 Å². The summed E-state index contributed by atoms with van der Waals surface area (Å²) in [4.78, 5) is 19.9. The van der Waals surface area contributed by atoms with Crippen LogP contribution in [-0.4, -0.2) is 29.5 Å². The van der Waals surface area contributed by atoms with Crippen molar-refractivity contribution >= 4 is 0 Å². The van der Waals surface area contributed by atoms with E-state index in [0.29, 0.717) is 5.95 Å². The van der Waals surface area contributed by atoms with Gasteiger partial charge in [0.15, 0.2) is 0 Å². The lowest BCUT2D eigenvalue weighted by molar-refractivity contribution is 0.925. The van der Waals surface area contributed by atoms with Gasteiger partial charge in [0.1, 0.15) is 12.2 Å². The highest BCUT2D eigenvalue weighted by Crippen LogP contribution is 1.95. The van der Waals surface area contributed by atoms with E-state index in [0.717, 1.165) is 12.2 Å². The van der Waals surface area contributed by atoms with Crippen molar-refractivity contribution in [1.82, 2.24) is 29.5 Å². The molecule has 0 amide bonds. The van der Waals surface area contributed by atoms with Crippen LogP contribution in [0.25, 0.3) is 5.95 Å². The average molecular weight is 254 g/mol. The molecule has 6 nitrogen and oxygen atoms in total. The Labute approximate surface area is 111 Å². The maximum Gasteiger partial charge on any atom is 0.234 e. The topological polar surface area (TPSA) is 69.4 Å². The Kier molecular flexibility index (Phi) is 4.69. The van der Waals surface area contributed by atoms with E-state index in [2.05, 4.69) is 24.9 Å². The van der Waals surface area contributed by atoms with E-state index in [1.807, 2.05) is 13.0 Å². The first-order valence-electron chi connectivity index (χ1n) is 5.91. The quantitative estimate of drug-likeness (QED) is 0.696. The molecule has 0 unspecified atom stereocenters. The molecular formula is C13H14N6. The van der Waals surface area contributed by atoms with Gasteiger partial charge in [-0.1, -0.05) is 6.92 Å². The Morgan fingerprint density at radius 1 is 0.895 bits per heavy atom. The van der Waals surface area contributed by atoms with E-state index in [4.69, 9.17) is 0 Å². The van der Waals surface area contributed by atoms with Gasteiger partial charge in [0.05, 0.1) is 0 Å². The molecule has 0 bridgehead atoms. The van der Waals surface area contributed by atoms with Crippen LogP contribution < -0.4 is 0 Å². The number of imidazole rings is 1. The minimum Gasteiger partial charge on any atom is -0.274 e. The average Bonchev–Trinajstić information content (AvgIpc) is 3.04. The zero-order chi connectivity index (χ0) is 13.3. The van der Waals surface area contributed by atoms with Gasteiger partial charge in [-0.25, -0.2) is 24.9 Å². The van der Waals surface area contributed by atoms with Gasteiger partial charge in [-0.2, -0.15) is 0 Å². The van der Waals surface area contributed by atoms with Gasteiger partial charge in [-0.3, -0.25) is 4.57 Å². The Balaban J connectivity index is 0.000000148. The fraction of sp³-hybridized carbons (Fsp3) is 0.154. The highest BCUT2D eigenvalue weighted by Gasteiger charge is 1.93. The predicted molar refractivity (Wildman–Crippen MR) is 70.6 cm³/mol. The van der Waals surface area contributed by atoms with Crippen LogP contribution >= 0.6 is 0 Å². The molecule has 0 aliphatic rings. The van der Waals surface area contributed by atoms with E-state index < -0.39 is 0 Å². The Hall–Kier alpha value is -2.63. The van der Waals surface area contributed by atoms with E-state index in [1.54, 1.807) is 54.1 Å². The molecule has 3 rings (SSSR count). The number of hydrogen-bond acceptors (Lipinski definition) is 5. The van der Waals surface area contributed by atoms with Crippen LogP contribution in [-0.2, 0) is 6.42 Å². The van der Waals surface area contributed by atoms with Crippen molar-refractivity contribution < 1.29 is 0 Å². The van der Waals surface area contributed by atoms with Gasteiger partial charge < -0.3 is 0 Å². The van der Waals surface area contributed by atoms with E-state index in [-0.39, 0.29) is 0 Å². The van der Waals surface area contributed by atoms with Gasteiger partial charge in [0.2, 0.25) is 5.95 Å². The number of nitrogens with zero attached hydrogens (tertiary/aromatic N) is 6. The molecular weight excluding hydrogens is 240 g/mol. The van der Waals surface area contributed by atoms with Gasteiger partial charge in [0, 0.05) is 43.6 Å². The van der Waals surface area contributed by atoms with Crippen molar-refractivity contribution in [2.75, 3.05) is 0 Å². The Morgan fingerprint density at radius 2 is 1.53 bits per heavy atom. The zero-order valence-electron chi connectivity index (χ0n) is 10.6. The van der Waals surface area contributed by atoms with Crippen LogP contribution in [0.4, 0.5) is 0 Å². The van der Waals surface area contributed by atoms with Gasteiger partial charge in [-0.15, -0.1) is 0 Å². The molecule has 0 atom stereocenters. The maximum atomic E-state index is 4.03. The second-order valence-electron chi connectivity index (χ2n) is 3.54. The van der Waals surface area contributed by atoms with Crippen molar-refractivity contribution in [1.29, 1.82) is 0 Å². The fourth-order valence-corrected chi connectivity index (χ4v) is 1.31. The van der Waals surface area contributed by atoms with Crippen LogP contribution in [0.2, 0.25) is 0 Å². The van der Waals surface area contributed by atoms with Crippen LogP contribution in [0.3, 0.4) is 0 Å². The molecule has 0 aromatic carbocycles. The lowest BCUT2D eigenvalue weighted by atomic mass is 10.4. The molecule has 3 heterocycles. The summed E-state index contributed by atoms with van der Waals surface area (Å²) in [6.07, 6.45) is 13.0. The summed E-state index contributed by atoms with van der Waals surface area (Å²) >= 11 is 0. The Bertz CT molecular complexity index is 565. The Morgan fingerprint density at radius 3 is 2.00 bits per heavy atom. The molecule has 0 saturated heterocycles. The summed E-state index contributed by atoms with van der Waals surface area (Å²) in [6.45, 7) is 2.04. The standard InChI is InChI=1S/C7H6N4.C6H8N2/c1-2-9-7(10-3-1)11-5-4-8-6-11;1-2-6-7-4-3-5-8-6/h1-6H;3-5H,2H2,1H3. The predicted octanol–water partition coefficient (Wildman–Crippen LogP) is 1.70. The van der Waals surface area contributed by atoms with Crippen molar-refractivity contribution in [2.45, 2.75) is 13.3 Å². The van der Waals surface area contributed by atoms with Gasteiger partial charge in [-0.05, 0) is 12.1 Å². The zero-order valence-corrected chi connectivity index (χ0v) is 10.6. The molecule has 96 valence electrons. The molecule has 0 aliphatic heterocycles. The molecule has 0 aliphatic carbocycles. The van der Waals surface area contributed by atoms with Crippen molar-refractivity contribution in [3.63, 3.8) is 0 Å². The fourth-order valence-electron chi connectivity index (χ4n) is 1.31. The van der Waals surface area contributed by atoms with Gasteiger partial charge in [0.25, 0.3) is 0 Å². The number of aryl methyl sites for hydroxylation is 1. The highest BCUT2D eigenvalue weighted by atomic mass is 15.2. The minimum absolute atomic E-state index is 0.644. The van der Waals surface area contributed by atoms with Gasteiger partial charge >= 0.3 is 0 Å². The summed E-state index contributed by atoms with van der Waals surface area (Å²) in [6, 6.07) is 3.60. The first kappa shape index (κ1) is 12.8. The molecule has 0 spiro atoms.